The number of fused-ring (bicyclic) bond motifs is 2. The van der Waals surface area contributed by atoms with Crippen LogP contribution in [0.15, 0.2) is 53.9 Å². The molecule has 106 valence electrons. The zero-order valence-electron chi connectivity index (χ0n) is 11.9. The number of hydrogen-bond donors (Lipinski definition) is 1. The number of likely N-dealkylation sites (N-methyl/N-ethyl adjacent to an activating group) is 1. The SMILES string of the molecule is CN1Cc2ccccc2C(O)(c2ccc3sccc3c2)C1. The lowest BCUT2D eigenvalue weighted by molar-refractivity contribution is 0.0284. The lowest BCUT2D eigenvalue weighted by Crippen LogP contribution is -2.44. The summed E-state index contributed by atoms with van der Waals surface area (Å²) in [5.74, 6) is 0. The Balaban J connectivity index is 1.92. The highest BCUT2D eigenvalue weighted by molar-refractivity contribution is 7.17. The summed E-state index contributed by atoms with van der Waals surface area (Å²) in [6.07, 6.45) is 0. The minimum atomic E-state index is -0.931. The van der Waals surface area contributed by atoms with Gasteiger partial charge in [-0.15, -0.1) is 11.3 Å². The number of thiophene rings is 1. The second-order valence-corrected chi connectivity index (χ2v) is 6.81. The van der Waals surface area contributed by atoms with Gasteiger partial charge in [0.05, 0.1) is 0 Å². The first-order valence-electron chi connectivity index (χ1n) is 7.14. The second-order valence-electron chi connectivity index (χ2n) is 5.86. The minimum absolute atomic E-state index is 0.625. The summed E-state index contributed by atoms with van der Waals surface area (Å²) in [6.45, 7) is 1.51. The average molecular weight is 295 g/mol. The van der Waals surface area contributed by atoms with Gasteiger partial charge >= 0.3 is 0 Å². The maximum Gasteiger partial charge on any atom is 0.128 e. The van der Waals surface area contributed by atoms with Crippen molar-refractivity contribution in [1.29, 1.82) is 0 Å². The van der Waals surface area contributed by atoms with Gasteiger partial charge in [-0.3, -0.25) is 4.90 Å². The van der Waals surface area contributed by atoms with Crippen LogP contribution in [-0.2, 0) is 12.1 Å². The average Bonchev–Trinajstić information content (AvgIpc) is 2.94. The fraction of sp³-hybridized carbons (Fsp3) is 0.222. The highest BCUT2D eigenvalue weighted by Crippen LogP contribution is 2.38. The molecule has 3 aromatic rings. The standard InChI is InChI=1S/C18H17NOS/c1-19-11-14-4-2-3-5-16(14)18(20,12-19)15-6-7-17-13(10-15)8-9-21-17/h2-10,20H,11-12H2,1H3. The van der Waals surface area contributed by atoms with Gasteiger partial charge in [-0.05, 0) is 52.7 Å². The van der Waals surface area contributed by atoms with Gasteiger partial charge < -0.3 is 5.11 Å². The third-order valence-corrected chi connectivity index (χ3v) is 5.23. The molecule has 2 nitrogen and oxygen atoms in total. The Hall–Kier alpha value is -1.68. The van der Waals surface area contributed by atoms with E-state index in [1.807, 2.05) is 12.1 Å². The number of rotatable bonds is 1. The van der Waals surface area contributed by atoms with Gasteiger partial charge in [-0.1, -0.05) is 30.3 Å². The first-order chi connectivity index (χ1) is 10.2. The van der Waals surface area contributed by atoms with Crippen molar-refractivity contribution < 1.29 is 5.11 Å². The molecule has 1 atom stereocenters. The van der Waals surface area contributed by atoms with Crippen molar-refractivity contribution in [3.05, 3.63) is 70.6 Å². The molecule has 0 saturated heterocycles. The number of β-amino-alcohol motifs (C(OH)–C–C–N with tert-alkyl or cyclic N) is 1. The molecule has 4 rings (SSSR count). The van der Waals surface area contributed by atoms with Gasteiger partial charge in [0.25, 0.3) is 0 Å². The van der Waals surface area contributed by atoms with Crippen molar-refractivity contribution in [3.8, 4) is 0 Å². The Morgan fingerprint density at radius 1 is 1.14 bits per heavy atom. The molecule has 1 aliphatic rings. The molecule has 1 aliphatic heterocycles. The Labute approximate surface area is 128 Å². The Bertz CT molecular complexity index is 810. The van der Waals surface area contributed by atoms with Crippen molar-refractivity contribution in [2.45, 2.75) is 12.1 Å². The summed E-state index contributed by atoms with van der Waals surface area (Å²) in [7, 11) is 2.06. The summed E-state index contributed by atoms with van der Waals surface area (Å²) in [5, 5.41) is 14.7. The summed E-state index contributed by atoms with van der Waals surface area (Å²) >= 11 is 1.74. The van der Waals surface area contributed by atoms with E-state index in [4.69, 9.17) is 0 Å². The molecule has 1 unspecified atom stereocenters. The van der Waals surface area contributed by atoms with Crippen LogP contribution in [0.4, 0.5) is 0 Å². The normalized spacial score (nSPS) is 22.4. The quantitative estimate of drug-likeness (QED) is 0.741. The summed E-state index contributed by atoms with van der Waals surface area (Å²) in [4.78, 5) is 2.18. The topological polar surface area (TPSA) is 23.5 Å². The van der Waals surface area contributed by atoms with Gasteiger partial charge in [0, 0.05) is 17.8 Å². The maximum atomic E-state index is 11.4. The van der Waals surface area contributed by atoms with E-state index < -0.39 is 5.60 Å². The van der Waals surface area contributed by atoms with Gasteiger partial charge in [0.2, 0.25) is 0 Å². The molecule has 0 aliphatic carbocycles. The van der Waals surface area contributed by atoms with Crippen LogP contribution in [0.1, 0.15) is 16.7 Å². The van der Waals surface area contributed by atoms with Crippen LogP contribution < -0.4 is 0 Å². The molecule has 0 radical (unpaired) electrons. The van der Waals surface area contributed by atoms with E-state index in [1.54, 1.807) is 11.3 Å². The fourth-order valence-corrected chi connectivity index (χ4v) is 4.13. The molecule has 1 N–H and O–H groups in total. The number of aliphatic hydroxyl groups is 1. The summed E-state index contributed by atoms with van der Waals surface area (Å²) in [6, 6.07) is 16.6. The van der Waals surface area contributed by atoms with Gasteiger partial charge in [-0.25, -0.2) is 0 Å². The van der Waals surface area contributed by atoms with Crippen LogP contribution in [-0.4, -0.2) is 23.6 Å². The van der Waals surface area contributed by atoms with E-state index in [0.29, 0.717) is 6.54 Å². The number of hydrogen-bond acceptors (Lipinski definition) is 3. The molecule has 1 aromatic heterocycles. The maximum absolute atomic E-state index is 11.4. The first-order valence-corrected chi connectivity index (χ1v) is 8.02. The van der Waals surface area contributed by atoms with Crippen LogP contribution in [0, 0.1) is 0 Å². The lowest BCUT2D eigenvalue weighted by atomic mass is 9.80. The number of benzene rings is 2. The minimum Gasteiger partial charge on any atom is -0.379 e. The van der Waals surface area contributed by atoms with E-state index in [-0.39, 0.29) is 0 Å². The van der Waals surface area contributed by atoms with Crippen LogP contribution in [0.2, 0.25) is 0 Å². The third kappa shape index (κ3) is 2.01. The monoisotopic (exact) mass is 295 g/mol. The van der Waals surface area contributed by atoms with Crippen molar-refractivity contribution in [3.63, 3.8) is 0 Å². The molecule has 0 amide bonds. The Morgan fingerprint density at radius 2 is 2.00 bits per heavy atom. The van der Waals surface area contributed by atoms with Crippen molar-refractivity contribution in [2.75, 3.05) is 13.6 Å². The van der Waals surface area contributed by atoms with Crippen molar-refractivity contribution >= 4 is 21.4 Å². The zero-order chi connectivity index (χ0) is 14.4. The van der Waals surface area contributed by atoms with Crippen LogP contribution in [0.5, 0.6) is 0 Å². The molecule has 0 saturated carbocycles. The molecule has 2 heterocycles. The van der Waals surface area contributed by atoms with Gasteiger partial charge in [-0.2, -0.15) is 0 Å². The Morgan fingerprint density at radius 3 is 2.90 bits per heavy atom. The van der Waals surface area contributed by atoms with E-state index >= 15 is 0 Å². The molecular weight excluding hydrogens is 278 g/mol. The predicted octanol–water partition coefficient (Wildman–Crippen LogP) is 3.58. The third-order valence-electron chi connectivity index (χ3n) is 4.33. The number of nitrogens with zero attached hydrogens (tertiary/aromatic N) is 1. The molecule has 0 fully saturated rings. The van der Waals surface area contributed by atoms with Gasteiger partial charge in [0.15, 0.2) is 0 Å². The van der Waals surface area contributed by atoms with Crippen LogP contribution in [0.3, 0.4) is 0 Å². The Kier molecular flexibility index (Phi) is 2.89. The first kappa shape index (κ1) is 13.0. The fourth-order valence-electron chi connectivity index (χ4n) is 3.35. The van der Waals surface area contributed by atoms with Crippen LogP contribution in [0.25, 0.3) is 10.1 Å². The molecule has 3 heteroatoms. The summed E-state index contributed by atoms with van der Waals surface area (Å²) in [5.41, 5.74) is 2.30. The van der Waals surface area contributed by atoms with E-state index in [9.17, 15) is 5.11 Å². The molecular formula is C18H17NOS. The van der Waals surface area contributed by atoms with E-state index in [2.05, 4.69) is 53.7 Å². The van der Waals surface area contributed by atoms with Crippen LogP contribution >= 0.6 is 11.3 Å². The van der Waals surface area contributed by atoms with Crippen molar-refractivity contribution in [2.24, 2.45) is 0 Å². The van der Waals surface area contributed by atoms with E-state index in [1.165, 1.54) is 15.6 Å². The van der Waals surface area contributed by atoms with Gasteiger partial charge in [0.1, 0.15) is 5.60 Å². The molecule has 0 spiro atoms. The predicted molar refractivity (Wildman–Crippen MR) is 87.6 cm³/mol. The highest BCUT2D eigenvalue weighted by Gasteiger charge is 2.38. The largest absolute Gasteiger partial charge is 0.379 e. The molecule has 0 bridgehead atoms. The smallest absolute Gasteiger partial charge is 0.128 e. The highest BCUT2D eigenvalue weighted by atomic mass is 32.1. The van der Waals surface area contributed by atoms with E-state index in [0.717, 1.165) is 17.7 Å². The lowest BCUT2D eigenvalue weighted by Gasteiger charge is -2.39. The second kappa shape index (κ2) is 4.67. The molecule has 2 aromatic carbocycles. The summed E-state index contributed by atoms with van der Waals surface area (Å²) < 4.78 is 1.26. The molecule has 21 heavy (non-hydrogen) atoms. The van der Waals surface area contributed by atoms with Crippen molar-refractivity contribution in [1.82, 2.24) is 4.90 Å². The zero-order valence-corrected chi connectivity index (χ0v) is 12.7.